The summed E-state index contributed by atoms with van der Waals surface area (Å²) in [7, 11) is 0. The van der Waals surface area contributed by atoms with E-state index in [1.807, 2.05) is 6.92 Å². The first-order valence-electron chi connectivity index (χ1n) is 7.57. The molecule has 2 rings (SSSR count). The Morgan fingerprint density at radius 3 is 2.95 bits per heavy atom. The first-order valence-corrected chi connectivity index (χ1v) is 7.94. The van der Waals surface area contributed by atoms with E-state index in [1.54, 1.807) is 11.0 Å². The number of benzene rings is 1. The third-order valence-corrected chi connectivity index (χ3v) is 4.05. The summed E-state index contributed by atoms with van der Waals surface area (Å²) in [5.41, 5.74) is 0.108. The molecule has 1 fully saturated rings. The molecule has 21 heavy (non-hydrogen) atoms. The smallest absolute Gasteiger partial charge is 0.256 e. The molecule has 1 saturated heterocycles. The fourth-order valence-electron chi connectivity index (χ4n) is 2.77. The molecule has 5 heteroatoms. The molecular weight excluding hydrogens is 291 g/mol. The highest BCUT2D eigenvalue weighted by molar-refractivity contribution is 6.30. The summed E-state index contributed by atoms with van der Waals surface area (Å²) in [5.74, 6) is -0.337. The molecule has 0 saturated carbocycles. The normalized spacial score (nSPS) is 18.5. The second-order valence-electron chi connectivity index (χ2n) is 5.59. The van der Waals surface area contributed by atoms with E-state index >= 15 is 0 Å². The van der Waals surface area contributed by atoms with E-state index in [9.17, 15) is 9.18 Å². The third kappa shape index (κ3) is 4.42. The first kappa shape index (κ1) is 16.2. The van der Waals surface area contributed by atoms with Crippen molar-refractivity contribution in [3.8, 4) is 0 Å². The van der Waals surface area contributed by atoms with Crippen LogP contribution >= 0.6 is 11.6 Å². The fraction of sp³-hybridized carbons (Fsp3) is 0.562. The van der Waals surface area contributed by atoms with Crippen LogP contribution in [0.15, 0.2) is 18.2 Å². The van der Waals surface area contributed by atoms with Crippen molar-refractivity contribution in [1.82, 2.24) is 10.2 Å². The van der Waals surface area contributed by atoms with Crippen LogP contribution in [-0.4, -0.2) is 37.0 Å². The van der Waals surface area contributed by atoms with Gasteiger partial charge in [0.2, 0.25) is 0 Å². The molecule has 0 aliphatic carbocycles. The largest absolute Gasteiger partial charge is 0.338 e. The standard InChI is InChI=1S/C16H22ClFN2O/c1-2-8-20(11-12-4-3-7-19-10-12)16(21)14-6-5-13(17)9-15(14)18/h5-6,9,12,19H,2-4,7-8,10-11H2,1H3. The van der Waals surface area contributed by atoms with Crippen molar-refractivity contribution in [2.45, 2.75) is 26.2 Å². The van der Waals surface area contributed by atoms with E-state index in [0.717, 1.165) is 32.4 Å². The Morgan fingerprint density at radius 2 is 2.33 bits per heavy atom. The number of carbonyl (C=O) groups is 1. The van der Waals surface area contributed by atoms with E-state index in [0.29, 0.717) is 24.0 Å². The molecule has 116 valence electrons. The minimum Gasteiger partial charge on any atom is -0.338 e. The molecule has 0 spiro atoms. The zero-order valence-corrected chi connectivity index (χ0v) is 13.1. The maximum Gasteiger partial charge on any atom is 0.256 e. The number of halogens is 2. The summed E-state index contributed by atoms with van der Waals surface area (Å²) in [6.45, 7) is 5.33. The molecule has 0 aromatic heterocycles. The van der Waals surface area contributed by atoms with Crippen LogP contribution in [0.2, 0.25) is 5.02 Å². The van der Waals surface area contributed by atoms with E-state index in [2.05, 4.69) is 5.32 Å². The van der Waals surface area contributed by atoms with E-state index in [-0.39, 0.29) is 11.5 Å². The van der Waals surface area contributed by atoms with Crippen LogP contribution in [0.25, 0.3) is 0 Å². The Kier molecular flexibility index (Phi) is 6.00. The molecule has 1 amide bonds. The van der Waals surface area contributed by atoms with Gasteiger partial charge < -0.3 is 10.2 Å². The average molecular weight is 313 g/mol. The molecule has 0 bridgehead atoms. The fourth-order valence-corrected chi connectivity index (χ4v) is 2.93. The lowest BCUT2D eigenvalue weighted by atomic mass is 9.98. The molecule has 1 unspecified atom stereocenters. The predicted octanol–water partition coefficient (Wildman–Crippen LogP) is 3.33. The lowest BCUT2D eigenvalue weighted by molar-refractivity contribution is 0.0714. The van der Waals surface area contributed by atoms with Crippen molar-refractivity contribution >= 4 is 17.5 Å². The molecule has 1 N–H and O–H groups in total. The van der Waals surface area contributed by atoms with Crippen LogP contribution in [0, 0.1) is 11.7 Å². The van der Waals surface area contributed by atoms with Crippen LogP contribution in [-0.2, 0) is 0 Å². The maximum atomic E-state index is 13.9. The molecule has 1 aromatic rings. The molecule has 1 atom stereocenters. The number of rotatable bonds is 5. The summed E-state index contributed by atoms with van der Waals surface area (Å²) in [5, 5.41) is 3.66. The van der Waals surface area contributed by atoms with E-state index in [1.165, 1.54) is 12.1 Å². The first-order chi connectivity index (χ1) is 10.1. The second-order valence-corrected chi connectivity index (χ2v) is 6.02. The quantitative estimate of drug-likeness (QED) is 0.904. The lowest BCUT2D eigenvalue weighted by Gasteiger charge is -2.30. The molecule has 0 radical (unpaired) electrons. The summed E-state index contributed by atoms with van der Waals surface area (Å²) in [6.07, 6.45) is 3.11. The summed E-state index contributed by atoms with van der Waals surface area (Å²) in [6, 6.07) is 4.23. The minimum absolute atomic E-state index is 0.108. The zero-order chi connectivity index (χ0) is 15.2. The van der Waals surface area contributed by atoms with Gasteiger partial charge in [0.1, 0.15) is 5.82 Å². The number of carbonyl (C=O) groups excluding carboxylic acids is 1. The lowest BCUT2D eigenvalue weighted by Crippen LogP contribution is -2.41. The van der Waals surface area contributed by atoms with Gasteiger partial charge in [-0.05, 0) is 56.5 Å². The molecule has 1 aliphatic rings. The SMILES string of the molecule is CCCN(CC1CCCNC1)C(=O)c1ccc(Cl)cc1F. The van der Waals surface area contributed by atoms with Gasteiger partial charge in [-0.1, -0.05) is 18.5 Å². The molecule has 1 aromatic carbocycles. The molecule has 3 nitrogen and oxygen atoms in total. The van der Waals surface area contributed by atoms with Crippen LogP contribution in [0.1, 0.15) is 36.5 Å². The van der Waals surface area contributed by atoms with Gasteiger partial charge in [0.25, 0.3) is 5.91 Å². The van der Waals surface area contributed by atoms with Gasteiger partial charge in [0.05, 0.1) is 5.56 Å². The zero-order valence-electron chi connectivity index (χ0n) is 12.4. The van der Waals surface area contributed by atoms with Gasteiger partial charge in [0, 0.05) is 18.1 Å². The highest BCUT2D eigenvalue weighted by Gasteiger charge is 2.23. The minimum atomic E-state index is -0.546. The van der Waals surface area contributed by atoms with Crippen LogP contribution < -0.4 is 5.32 Å². The Balaban J connectivity index is 2.10. The van der Waals surface area contributed by atoms with Gasteiger partial charge in [-0.25, -0.2) is 4.39 Å². The Morgan fingerprint density at radius 1 is 1.52 bits per heavy atom. The average Bonchev–Trinajstić information content (AvgIpc) is 2.47. The predicted molar refractivity (Wildman–Crippen MR) is 83.2 cm³/mol. The maximum absolute atomic E-state index is 13.9. The summed E-state index contributed by atoms with van der Waals surface area (Å²) >= 11 is 5.74. The van der Waals surface area contributed by atoms with Crippen LogP contribution in [0.5, 0.6) is 0 Å². The Bertz CT molecular complexity index is 489. The van der Waals surface area contributed by atoms with E-state index < -0.39 is 5.82 Å². The van der Waals surface area contributed by atoms with E-state index in [4.69, 9.17) is 11.6 Å². The van der Waals surface area contributed by atoms with Crippen molar-refractivity contribution in [1.29, 1.82) is 0 Å². The number of amides is 1. The molecule has 1 heterocycles. The third-order valence-electron chi connectivity index (χ3n) is 3.82. The van der Waals surface area contributed by atoms with Crippen LogP contribution in [0.4, 0.5) is 4.39 Å². The topological polar surface area (TPSA) is 32.3 Å². The van der Waals surface area contributed by atoms with Crippen LogP contribution in [0.3, 0.4) is 0 Å². The van der Waals surface area contributed by atoms with Gasteiger partial charge in [-0.15, -0.1) is 0 Å². The van der Waals surface area contributed by atoms with Gasteiger partial charge in [-0.2, -0.15) is 0 Å². The highest BCUT2D eigenvalue weighted by Crippen LogP contribution is 2.19. The summed E-state index contributed by atoms with van der Waals surface area (Å²) in [4.78, 5) is 14.3. The van der Waals surface area contributed by atoms with Crippen molar-refractivity contribution < 1.29 is 9.18 Å². The summed E-state index contributed by atoms with van der Waals surface area (Å²) < 4.78 is 13.9. The number of hydrogen-bond acceptors (Lipinski definition) is 2. The molecular formula is C16H22ClFN2O. The van der Waals surface area contributed by atoms with Gasteiger partial charge in [-0.3, -0.25) is 4.79 Å². The number of hydrogen-bond donors (Lipinski definition) is 1. The highest BCUT2D eigenvalue weighted by atomic mass is 35.5. The van der Waals surface area contributed by atoms with Crippen molar-refractivity contribution in [3.63, 3.8) is 0 Å². The molecule has 1 aliphatic heterocycles. The van der Waals surface area contributed by atoms with Gasteiger partial charge in [0.15, 0.2) is 0 Å². The van der Waals surface area contributed by atoms with Crippen molar-refractivity contribution in [2.75, 3.05) is 26.2 Å². The Labute approximate surface area is 130 Å². The number of nitrogens with one attached hydrogen (secondary N) is 1. The number of piperidine rings is 1. The van der Waals surface area contributed by atoms with Crippen molar-refractivity contribution in [2.24, 2.45) is 5.92 Å². The monoisotopic (exact) mass is 312 g/mol. The second kappa shape index (κ2) is 7.76. The van der Waals surface area contributed by atoms with Crippen molar-refractivity contribution in [3.05, 3.63) is 34.6 Å². The Hall–Kier alpha value is -1.13. The van der Waals surface area contributed by atoms with Gasteiger partial charge >= 0.3 is 0 Å². The number of nitrogens with zero attached hydrogens (tertiary/aromatic N) is 1.